The van der Waals surface area contributed by atoms with E-state index in [0.717, 1.165) is 5.57 Å². The molecular weight excluding hydrogens is 318 g/mol. The van der Waals surface area contributed by atoms with Gasteiger partial charge in [0.1, 0.15) is 8.24 Å². The Morgan fingerprint density at radius 3 is 2.00 bits per heavy atom. The monoisotopic (exact) mass is 351 g/mol. The average molecular weight is 352 g/mol. The molecule has 134 valence electrons. The summed E-state index contributed by atoms with van der Waals surface area (Å²) in [5, 5.41) is 0. The highest BCUT2D eigenvalue weighted by Crippen LogP contribution is 2.23. The molecule has 2 rings (SSSR count). The van der Waals surface area contributed by atoms with Crippen LogP contribution in [0.5, 0.6) is 0 Å². The molecular formula is C23H33NSi. The maximum absolute atomic E-state index is 4.26. The predicted molar refractivity (Wildman–Crippen MR) is 115 cm³/mol. The summed E-state index contributed by atoms with van der Waals surface area (Å²) < 4.78 is 2.69. The van der Waals surface area contributed by atoms with Gasteiger partial charge in [0.2, 0.25) is 0 Å². The first-order valence-corrected chi connectivity index (χ1v) is 12.7. The predicted octanol–water partition coefficient (Wildman–Crippen LogP) is 6.23. The van der Waals surface area contributed by atoms with E-state index >= 15 is 0 Å². The molecule has 0 atom stereocenters. The van der Waals surface area contributed by atoms with Gasteiger partial charge >= 0.3 is 0 Å². The fraction of sp³-hybridized carbons (Fsp3) is 0.391. The third kappa shape index (κ3) is 5.42. The van der Waals surface area contributed by atoms with E-state index in [9.17, 15) is 0 Å². The van der Waals surface area contributed by atoms with Crippen molar-refractivity contribution in [2.45, 2.75) is 45.8 Å². The second-order valence-electron chi connectivity index (χ2n) is 7.38. The molecule has 1 nitrogen and oxygen atoms in total. The minimum Gasteiger partial charge on any atom is -0.324 e. The van der Waals surface area contributed by atoms with Crippen LogP contribution in [0.4, 0.5) is 0 Å². The SMILES string of the molecule is C=C(c1ccccc1)c1ccc(CCC[Si](C)(C)N(CC)CC)cc1. The van der Waals surface area contributed by atoms with Crippen LogP contribution in [0.15, 0.2) is 61.2 Å². The van der Waals surface area contributed by atoms with Crippen LogP contribution in [-0.2, 0) is 6.42 Å². The van der Waals surface area contributed by atoms with Crippen LogP contribution in [0.2, 0.25) is 19.1 Å². The zero-order valence-electron chi connectivity index (χ0n) is 16.4. The summed E-state index contributed by atoms with van der Waals surface area (Å²) in [5.74, 6) is 0. The van der Waals surface area contributed by atoms with Crippen molar-refractivity contribution in [3.63, 3.8) is 0 Å². The Hall–Kier alpha value is -1.64. The van der Waals surface area contributed by atoms with Gasteiger partial charge in [0.15, 0.2) is 0 Å². The molecule has 0 aliphatic carbocycles. The van der Waals surface area contributed by atoms with Crippen molar-refractivity contribution >= 4 is 13.8 Å². The average Bonchev–Trinajstić information content (AvgIpc) is 2.63. The molecule has 0 aliphatic heterocycles. The molecule has 2 aromatic rings. The van der Waals surface area contributed by atoms with Crippen LogP contribution in [0.3, 0.4) is 0 Å². The minimum absolute atomic E-state index is 1.10. The van der Waals surface area contributed by atoms with E-state index < -0.39 is 8.24 Å². The first-order chi connectivity index (χ1) is 12.0. The van der Waals surface area contributed by atoms with E-state index in [0.29, 0.717) is 0 Å². The second kappa shape index (κ2) is 9.16. The van der Waals surface area contributed by atoms with Crippen LogP contribution in [0.1, 0.15) is 37.0 Å². The standard InChI is InChI=1S/C23H33NSi/c1-6-24(7-2)25(4,5)19-11-12-21-15-17-23(18-16-21)20(3)22-13-9-8-10-14-22/h8-10,13-18H,3,6-7,11-12,19H2,1-2,4-5H3. The molecule has 0 N–H and O–H groups in total. The van der Waals surface area contributed by atoms with E-state index in [1.807, 2.05) is 6.07 Å². The molecule has 2 aromatic carbocycles. The van der Waals surface area contributed by atoms with Crippen molar-refractivity contribution in [3.05, 3.63) is 77.9 Å². The summed E-state index contributed by atoms with van der Waals surface area (Å²) in [6.45, 7) is 16.2. The molecule has 0 radical (unpaired) electrons. The van der Waals surface area contributed by atoms with E-state index in [4.69, 9.17) is 0 Å². The van der Waals surface area contributed by atoms with Crippen molar-refractivity contribution in [2.24, 2.45) is 0 Å². The van der Waals surface area contributed by atoms with Crippen molar-refractivity contribution < 1.29 is 0 Å². The van der Waals surface area contributed by atoms with Crippen LogP contribution in [0, 0.1) is 0 Å². The molecule has 0 saturated heterocycles. The molecule has 25 heavy (non-hydrogen) atoms. The Kier molecular flexibility index (Phi) is 7.21. The zero-order chi connectivity index (χ0) is 18.3. The number of hydrogen-bond acceptors (Lipinski definition) is 1. The Labute approximate surface area is 155 Å². The highest BCUT2D eigenvalue weighted by molar-refractivity contribution is 6.74. The second-order valence-corrected chi connectivity index (χ2v) is 12.1. The van der Waals surface area contributed by atoms with Gasteiger partial charge in [-0.25, -0.2) is 0 Å². The lowest BCUT2D eigenvalue weighted by atomic mass is 9.98. The van der Waals surface area contributed by atoms with Gasteiger partial charge in [-0.15, -0.1) is 0 Å². The number of nitrogens with zero attached hydrogens (tertiary/aromatic N) is 1. The van der Waals surface area contributed by atoms with Gasteiger partial charge in [-0.05, 0) is 47.8 Å². The van der Waals surface area contributed by atoms with Gasteiger partial charge in [0.05, 0.1) is 0 Å². The number of hydrogen-bond donors (Lipinski definition) is 0. The Bertz CT molecular complexity index is 654. The summed E-state index contributed by atoms with van der Waals surface area (Å²) in [7, 11) is -1.24. The van der Waals surface area contributed by atoms with Crippen LogP contribution in [-0.4, -0.2) is 25.9 Å². The van der Waals surface area contributed by atoms with Crippen LogP contribution >= 0.6 is 0 Å². The topological polar surface area (TPSA) is 3.24 Å². The Morgan fingerprint density at radius 1 is 0.880 bits per heavy atom. The summed E-state index contributed by atoms with van der Waals surface area (Å²) in [6.07, 6.45) is 2.46. The first kappa shape index (κ1) is 19.7. The molecule has 0 saturated carbocycles. The molecule has 2 heteroatoms. The third-order valence-electron chi connectivity index (χ3n) is 5.30. The van der Waals surface area contributed by atoms with Gasteiger partial charge in [-0.1, -0.05) is 94.5 Å². The third-order valence-corrected chi connectivity index (χ3v) is 9.22. The highest BCUT2D eigenvalue weighted by Gasteiger charge is 2.26. The summed E-state index contributed by atoms with van der Waals surface area (Å²) in [6, 6.07) is 20.8. The maximum atomic E-state index is 4.26. The summed E-state index contributed by atoms with van der Waals surface area (Å²) >= 11 is 0. The number of rotatable bonds is 9. The lowest BCUT2D eigenvalue weighted by Crippen LogP contribution is -2.48. The van der Waals surface area contributed by atoms with E-state index in [1.54, 1.807) is 0 Å². The lowest BCUT2D eigenvalue weighted by Gasteiger charge is -2.35. The quantitative estimate of drug-likeness (QED) is 0.484. The number of aryl methyl sites for hydroxylation is 1. The van der Waals surface area contributed by atoms with Crippen molar-refractivity contribution in [2.75, 3.05) is 13.1 Å². The van der Waals surface area contributed by atoms with Gasteiger partial charge < -0.3 is 4.57 Å². The van der Waals surface area contributed by atoms with Crippen molar-refractivity contribution in [1.82, 2.24) is 4.57 Å². The molecule has 0 heterocycles. The van der Waals surface area contributed by atoms with Gasteiger partial charge in [-0.3, -0.25) is 0 Å². The van der Waals surface area contributed by atoms with Gasteiger partial charge in [0, 0.05) is 0 Å². The molecule has 0 spiro atoms. The number of benzene rings is 2. The minimum atomic E-state index is -1.24. The largest absolute Gasteiger partial charge is 0.324 e. The highest BCUT2D eigenvalue weighted by atomic mass is 28.3. The fourth-order valence-electron chi connectivity index (χ4n) is 3.64. The Balaban J connectivity index is 1.92. The van der Waals surface area contributed by atoms with Crippen molar-refractivity contribution in [3.8, 4) is 0 Å². The smallest absolute Gasteiger partial charge is 0.122 e. The molecule has 0 amide bonds. The van der Waals surface area contributed by atoms with E-state index in [1.165, 1.54) is 48.7 Å². The molecule has 0 aromatic heterocycles. The zero-order valence-corrected chi connectivity index (χ0v) is 17.4. The van der Waals surface area contributed by atoms with Gasteiger partial charge in [0.25, 0.3) is 0 Å². The Morgan fingerprint density at radius 2 is 1.44 bits per heavy atom. The normalized spacial score (nSPS) is 11.7. The van der Waals surface area contributed by atoms with Crippen LogP contribution in [0.25, 0.3) is 5.57 Å². The first-order valence-electron chi connectivity index (χ1n) is 9.56. The summed E-state index contributed by atoms with van der Waals surface area (Å²) in [5.41, 5.74) is 4.95. The van der Waals surface area contributed by atoms with E-state index in [2.05, 4.69) is 86.6 Å². The maximum Gasteiger partial charge on any atom is 0.122 e. The van der Waals surface area contributed by atoms with E-state index in [-0.39, 0.29) is 0 Å². The van der Waals surface area contributed by atoms with Crippen molar-refractivity contribution in [1.29, 1.82) is 0 Å². The molecule has 0 bridgehead atoms. The summed E-state index contributed by atoms with van der Waals surface area (Å²) in [4.78, 5) is 0. The van der Waals surface area contributed by atoms with Gasteiger partial charge in [-0.2, -0.15) is 0 Å². The molecule has 0 fully saturated rings. The molecule has 0 aliphatic rings. The van der Waals surface area contributed by atoms with Crippen LogP contribution < -0.4 is 0 Å². The fourth-order valence-corrected chi connectivity index (χ4v) is 6.71. The molecule has 0 unspecified atom stereocenters. The lowest BCUT2D eigenvalue weighted by molar-refractivity contribution is 0.463.